The molecule has 0 aliphatic heterocycles. The van der Waals surface area contributed by atoms with Gasteiger partial charge in [0.25, 0.3) is 0 Å². The summed E-state index contributed by atoms with van der Waals surface area (Å²) in [6, 6.07) is 0. The summed E-state index contributed by atoms with van der Waals surface area (Å²) >= 11 is 5.30. The molecule has 0 rings (SSSR count). The number of ketones is 1. The van der Waals surface area contributed by atoms with Gasteiger partial charge in [-0.15, -0.1) is 0 Å². The Morgan fingerprint density at radius 1 is 1.00 bits per heavy atom. The minimum atomic E-state index is 0.217. The zero-order valence-corrected chi connectivity index (χ0v) is 11.9. The van der Waals surface area contributed by atoms with Crippen molar-refractivity contribution in [2.45, 2.75) is 6.92 Å². The van der Waals surface area contributed by atoms with Crippen LogP contribution in [0.5, 0.6) is 0 Å². The Bertz CT molecular complexity index is 155. The fourth-order valence-corrected chi connectivity index (χ4v) is 3.53. The first-order valence-electron chi connectivity index (χ1n) is 4.67. The van der Waals surface area contributed by atoms with E-state index in [1.54, 1.807) is 35.3 Å². The Kier molecular flexibility index (Phi) is 9.45. The minimum Gasteiger partial charge on any atom is -0.299 e. The minimum absolute atomic E-state index is 0.217. The largest absolute Gasteiger partial charge is 0.299 e. The number of carbonyl (C=O) groups excluding carboxylic acids is 1. The fourth-order valence-electron chi connectivity index (χ4n) is 1.35. The van der Waals surface area contributed by atoms with E-state index in [-0.39, 0.29) is 11.8 Å². The van der Waals surface area contributed by atoms with Crippen LogP contribution >= 0.6 is 35.3 Å². The molecule has 0 aliphatic carbocycles. The van der Waals surface area contributed by atoms with Crippen molar-refractivity contribution in [3.8, 4) is 0 Å². The van der Waals surface area contributed by atoms with Crippen molar-refractivity contribution in [1.82, 2.24) is 0 Å². The standard InChI is InChI=1S/C10H20OS3/c1-8(5-12-2)10(11)9(6-13-3)7-14-4/h8-9H,5-7H2,1-4H3. The molecule has 0 saturated carbocycles. The maximum Gasteiger partial charge on any atom is 0.141 e. The highest BCUT2D eigenvalue weighted by atomic mass is 32.2. The van der Waals surface area contributed by atoms with Crippen molar-refractivity contribution in [2.24, 2.45) is 11.8 Å². The van der Waals surface area contributed by atoms with Gasteiger partial charge in [0.1, 0.15) is 5.78 Å². The third-order valence-corrected chi connectivity index (χ3v) is 4.35. The molecular formula is C10H20OS3. The van der Waals surface area contributed by atoms with Crippen LogP contribution in [0, 0.1) is 11.8 Å². The van der Waals surface area contributed by atoms with E-state index in [2.05, 4.69) is 18.8 Å². The average molecular weight is 252 g/mol. The number of carbonyl (C=O) groups is 1. The van der Waals surface area contributed by atoms with Gasteiger partial charge in [-0.05, 0) is 18.8 Å². The zero-order valence-electron chi connectivity index (χ0n) is 9.41. The quantitative estimate of drug-likeness (QED) is 0.660. The van der Waals surface area contributed by atoms with E-state index in [1.165, 1.54) is 0 Å². The Morgan fingerprint density at radius 3 is 1.79 bits per heavy atom. The Morgan fingerprint density at radius 2 is 1.43 bits per heavy atom. The van der Waals surface area contributed by atoms with Crippen LogP contribution in [-0.4, -0.2) is 41.8 Å². The van der Waals surface area contributed by atoms with Crippen LogP contribution < -0.4 is 0 Å². The average Bonchev–Trinajstić information content (AvgIpc) is 2.17. The molecule has 0 spiro atoms. The summed E-state index contributed by atoms with van der Waals surface area (Å²) in [5.74, 6) is 3.81. The molecule has 0 bridgehead atoms. The smallest absolute Gasteiger partial charge is 0.141 e. The molecule has 0 aromatic rings. The van der Waals surface area contributed by atoms with E-state index in [1.807, 2.05) is 6.92 Å². The van der Waals surface area contributed by atoms with Crippen molar-refractivity contribution in [3.05, 3.63) is 0 Å². The van der Waals surface area contributed by atoms with E-state index < -0.39 is 0 Å². The number of Topliss-reactive ketones (excluding diaryl/α,β-unsaturated/α-hetero) is 1. The second-order valence-corrected chi connectivity index (χ2v) is 6.10. The highest BCUT2D eigenvalue weighted by Crippen LogP contribution is 2.18. The summed E-state index contributed by atoms with van der Waals surface area (Å²) in [7, 11) is 0. The summed E-state index contributed by atoms with van der Waals surface area (Å²) in [5, 5.41) is 0. The van der Waals surface area contributed by atoms with E-state index in [9.17, 15) is 4.79 Å². The molecule has 0 amide bonds. The van der Waals surface area contributed by atoms with E-state index in [4.69, 9.17) is 0 Å². The second kappa shape index (κ2) is 8.98. The summed E-state index contributed by atoms with van der Waals surface area (Å²) in [4.78, 5) is 12.0. The van der Waals surface area contributed by atoms with Crippen molar-refractivity contribution in [3.63, 3.8) is 0 Å². The van der Waals surface area contributed by atoms with Crippen molar-refractivity contribution in [1.29, 1.82) is 0 Å². The molecule has 1 nitrogen and oxygen atoms in total. The number of hydrogen-bond donors (Lipinski definition) is 0. The van der Waals surface area contributed by atoms with Crippen molar-refractivity contribution in [2.75, 3.05) is 36.0 Å². The number of rotatable bonds is 8. The monoisotopic (exact) mass is 252 g/mol. The lowest BCUT2D eigenvalue weighted by molar-refractivity contribution is -0.124. The number of hydrogen-bond acceptors (Lipinski definition) is 4. The molecule has 0 aromatic heterocycles. The van der Waals surface area contributed by atoms with Gasteiger partial charge < -0.3 is 0 Å². The molecule has 0 N–H and O–H groups in total. The summed E-state index contributed by atoms with van der Waals surface area (Å²) in [6.45, 7) is 2.05. The molecule has 4 heteroatoms. The molecule has 0 fully saturated rings. The predicted molar refractivity (Wildman–Crippen MR) is 72.8 cm³/mol. The van der Waals surface area contributed by atoms with Crippen LogP contribution in [0.1, 0.15) is 6.92 Å². The van der Waals surface area contributed by atoms with Crippen LogP contribution in [-0.2, 0) is 4.79 Å². The van der Waals surface area contributed by atoms with Crippen molar-refractivity contribution >= 4 is 41.1 Å². The van der Waals surface area contributed by atoms with E-state index >= 15 is 0 Å². The lowest BCUT2D eigenvalue weighted by Crippen LogP contribution is -2.26. The van der Waals surface area contributed by atoms with E-state index in [0.29, 0.717) is 5.78 Å². The van der Waals surface area contributed by atoms with E-state index in [0.717, 1.165) is 17.3 Å². The molecule has 1 unspecified atom stereocenters. The van der Waals surface area contributed by atoms with Crippen LogP contribution in [0.2, 0.25) is 0 Å². The van der Waals surface area contributed by atoms with Gasteiger partial charge in [-0.3, -0.25) is 4.79 Å². The third-order valence-electron chi connectivity index (χ3n) is 2.04. The second-order valence-electron chi connectivity index (χ2n) is 3.37. The van der Waals surface area contributed by atoms with Gasteiger partial charge in [-0.1, -0.05) is 6.92 Å². The normalized spacial score (nSPS) is 13.2. The van der Waals surface area contributed by atoms with Gasteiger partial charge in [-0.25, -0.2) is 0 Å². The van der Waals surface area contributed by atoms with Crippen LogP contribution in [0.4, 0.5) is 0 Å². The SMILES string of the molecule is CSCC(C)C(=O)C(CSC)CSC. The van der Waals surface area contributed by atoms with Gasteiger partial charge in [0.05, 0.1) is 0 Å². The highest BCUT2D eigenvalue weighted by Gasteiger charge is 2.22. The first kappa shape index (κ1) is 14.7. The molecule has 0 saturated heterocycles. The van der Waals surface area contributed by atoms with Crippen LogP contribution in [0.3, 0.4) is 0 Å². The summed E-state index contributed by atoms with van der Waals surface area (Å²) < 4.78 is 0. The molecular weight excluding hydrogens is 232 g/mol. The molecule has 0 radical (unpaired) electrons. The summed E-state index contributed by atoms with van der Waals surface area (Å²) in [6.07, 6.45) is 6.20. The van der Waals surface area contributed by atoms with Crippen molar-refractivity contribution < 1.29 is 4.79 Å². The maximum atomic E-state index is 12.0. The number of thioether (sulfide) groups is 3. The van der Waals surface area contributed by atoms with Crippen LogP contribution in [0.25, 0.3) is 0 Å². The Hall–Kier alpha value is 0.720. The third kappa shape index (κ3) is 5.56. The topological polar surface area (TPSA) is 17.1 Å². The molecule has 14 heavy (non-hydrogen) atoms. The Balaban J connectivity index is 4.11. The first-order valence-corrected chi connectivity index (χ1v) is 8.86. The van der Waals surface area contributed by atoms with Gasteiger partial charge in [-0.2, -0.15) is 35.3 Å². The van der Waals surface area contributed by atoms with Gasteiger partial charge in [0.15, 0.2) is 0 Å². The van der Waals surface area contributed by atoms with Crippen LogP contribution in [0.15, 0.2) is 0 Å². The summed E-state index contributed by atoms with van der Waals surface area (Å²) in [5.41, 5.74) is 0. The highest BCUT2D eigenvalue weighted by molar-refractivity contribution is 7.99. The molecule has 84 valence electrons. The molecule has 0 aliphatic rings. The molecule has 0 heterocycles. The molecule has 1 atom stereocenters. The lowest BCUT2D eigenvalue weighted by atomic mass is 9.98. The predicted octanol–water partition coefficient (Wildman–Crippen LogP) is 2.90. The first-order chi connectivity index (χ1) is 6.67. The Labute approximate surface area is 101 Å². The van der Waals surface area contributed by atoms with Gasteiger partial charge in [0, 0.05) is 29.1 Å². The van der Waals surface area contributed by atoms with Gasteiger partial charge in [0.2, 0.25) is 0 Å². The molecule has 0 aromatic carbocycles. The van der Waals surface area contributed by atoms with Gasteiger partial charge >= 0.3 is 0 Å². The maximum absolute atomic E-state index is 12.0. The fraction of sp³-hybridized carbons (Fsp3) is 0.900. The lowest BCUT2D eigenvalue weighted by Gasteiger charge is -2.17. The zero-order chi connectivity index (χ0) is 11.0.